The third-order valence-corrected chi connectivity index (χ3v) is 4.59. The topological polar surface area (TPSA) is 112 Å². The Labute approximate surface area is 158 Å². The van der Waals surface area contributed by atoms with Crippen LogP contribution >= 0.6 is 0 Å². The van der Waals surface area contributed by atoms with E-state index < -0.39 is 18.0 Å². The molecule has 2 rings (SSSR count). The van der Waals surface area contributed by atoms with Gasteiger partial charge in [0.1, 0.15) is 18.4 Å². The maximum Gasteiger partial charge on any atom is 0.274 e. The number of likely N-dealkylation sites (tertiary alicyclic amines) is 1. The van der Waals surface area contributed by atoms with Crippen molar-refractivity contribution in [2.75, 3.05) is 33.4 Å². The minimum atomic E-state index is -0.657. The molecular formula is C18H26N4O5. The molecule has 9 nitrogen and oxygen atoms in total. The van der Waals surface area contributed by atoms with E-state index in [0.29, 0.717) is 19.5 Å². The van der Waals surface area contributed by atoms with E-state index >= 15 is 0 Å². The lowest BCUT2D eigenvalue weighted by Crippen LogP contribution is -2.48. The van der Waals surface area contributed by atoms with Gasteiger partial charge in [-0.3, -0.25) is 14.4 Å². The van der Waals surface area contributed by atoms with Crippen LogP contribution in [0.4, 0.5) is 0 Å². The van der Waals surface area contributed by atoms with E-state index in [4.69, 9.17) is 4.74 Å². The number of aromatic nitrogens is 1. The molecule has 27 heavy (non-hydrogen) atoms. The van der Waals surface area contributed by atoms with Gasteiger partial charge in [-0.1, -0.05) is 0 Å². The van der Waals surface area contributed by atoms with Crippen molar-refractivity contribution < 1.29 is 24.2 Å². The molecule has 9 heteroatoms. The number of likely N-dealkylation sites (N-methyl/N-ethyl adjacent to an activating group) is 1. The Balaban J connectivity index is 2.15. The van der Waals surface area contributed by atoms with E-state index in [1.54, 1.807) is 4.90 Å². The molecule has 2 atom stereocenters. The molecule has 1 aromatic rings. The first-order valence-electron chi connectivity index (χ1n) is 8.94. The average molecular weight is 378 g/mol. The fraction of sp³-hybridized carbons (Fsp3) is 0.556. The van der Waals surface area contributed by atoms with Gasteiger partial charge in [0.2, 0.25) is 11.8 Å². The van der Waals surface area contributed by atoms with Gasteiger partial charge in [-0.05, 0) is 32.4 Å². The smallest absolute Gasteiger partial charge is 0.274 e. The predicted molar refractivity (Wildman–Crippen MR) is 97.1 cm³/mol. The molecule has 0 saturated carbocycles. The highest BCUT2D eigenvalue weighted by Gasteiger charge is 2.41. The highest BCUT2D eigenvalue weighted by molar-refractivity contribution is 5.95. The number of nitrogens with one attached hydrogen (secondary N) is 1. The van der Waals surface area contributed by atoms with E-state index in [1.165, 1.54) is 30.3 Å². The highest BCUT2D eigenvalue weighted by atomic mass is 16.5. The van der Waals surface area contributed by atoms with E-state index in [2.05, 4.69) is 10.3 Å². The molecule has 1 aliphatic heterocycles. The molecule has 2 N–H and O–H groups in total. The van der Waals surface area contributed by atoms with Crippen LogP contribution in [0, 0.1) is 0 Å². The second kappa shape index (κ2) is 9.31. The zero-order chi connectivity index (χ0) is 20.0. The van der Waals surface area contributed by atoms with Gasteiger partial charge in [0.15, 0.2) is 5.69 Å². The van der Waals surface area contributed by atoms with Crippen molar-refractivity contribution in [1.29, 1.82) is 0 Å². The molecule has 3 amide bonds. The van der Waals surface area contributed by atoms with Gasteiger partial charge < -0.3 is 25.0 Å². The molecule has 0 aromatic carbocycles. The number of hydrogen-bond acceptors (Lipinski definition) is 6. The second-order valence-corrected chi connectivity index (χ2v) is 6.28. The summed E-state index contributed by atoms with van der Waals surface area (Å²) in [5.74, 6) is -1.23. The molecule has 2 heterocycles. The summed E-state index contributed by atoms with van der Waals surface area (Å²) in [6, 6.07) is 1.81. The fourth-order valence-corrected chi connectivity index (χ4v) is 3.23. The summed E-state index contributed by atoms with van der Waals surface area (Å²) in [5, 5.41) is 12.5. The summed E-state index contributed by atoms with van der Waals surface area (Å²) < 4.78 is 4.91. The Hall–Kier alpha value is -2.68. The van der Waals surface area contributed by atoms with Gasteiger partial charge in [-0.25, -0.2) is 4.98 Å². The van der Waals surface area contributed by atoms with Crippen LogP contribution in [-0.2, 0) is 14.3 Å². The normalized spacial score (nSPS) is 19.0. The third-order valence-electron chi connectivity index (χ3n) is 4.59. The molecule has 0 spiro atoms. The molecule has 0 unspecified atom stereocenters. The Morgan fingerprint density at radius 3 is 2.67 bits per heavy atom. The largest absolute Gasteiger partial charge is 0.505 e. The summed E-state index contributed by atoms with van der Waals surface area (Å²) in [4.78, 5) is 44.6. The van der Waals surface area contributed by atoms with Gasteiger partial charge in [0, 0.05) is 39.0 Å². The van der Waals surface area contributed by atoms with E-state index in [1.807, 2.05) is 13.8 Å². The van der Waals surface area contributed by atoms with Crippen molar-refractivity contribution in [2.24, 2.45) is 0 Å². The Morgan fingerprint density at radius 1 is 1.37 bits per heavy atom. The number of methoxy groups -OCH3 is 1. The minimum absolute atomic E-state index is 0.0919. The molecule has 148 valence electrons. The van der Waals surface area contributed by atoms with Gasteiger partial charge in [0.25, 0.3) is 5.91 Å². The van der Waals surface area contributed by atoms with Crippen LogP contribution in [0.2, 0.25) is 0 Å². The first kappa shape index (κ1) is 20.6. The summed E-state index contributed by atoms with van der Waals surface area (Å²) in [6.45, 7) is 4.89. The maximum absolute atomic E-state index is 12.8. The Bertz CT molecular complexity index is 692. The van der Waals surface area contributed by atoms with Crippen molar-refractivity contribution in [3.63, 3.8) is 0 Å². The lowest BCUT2D eigenvalue weighted by atomic mass is 10.1. The van der Waals surface area contributed by atoms with E-state index in [9.17, 15) is 19.5 Å². The van der Waals surface area contributed by atoms with E-state index in [0.717, 1.165) is 0 Å². The fourth-order valence-electron chi connectivity index (χ4n) is 3.23. The van der Waals surface area contributed by atoms with Gasteiger partial charge in [0.05, 0.1) is 0 Å². The van der Waals surface area contributed by atoms with Crippen molar-refractivity contribution in [1.82, 2.24) is 20.1 Å². The number of pyridine rings is 1. The van der Waals surface area contributed by atoms with Crippen LogP contribution in [0.15, 0.2) is 18.3 Å². The molecule has 1 aliphatic rings. The van der Waals surface area contributed by atoms with Crippen molar-refractivity contribution >= 4 is 17.7 Å². The first-order chi connectivity index (χ1) is 12.9. The standard InChI is InChI=1S/C18H26N4O5/c1-4-21(5-2)18(26)13-9-12(10-22(13)15(24)11-27-3)20-17(25)16-14(23)7-6-8-19-16/h6-8,12-13,23H,4-5,9-11H2,1-3H3,(H,20,25)/t12-,13+/m1/s1. The molecular weight excluding hydrogens is 352 g/mol. The number of ether oxygens (including phenoxy) is 1. The quantitative estimate of drug-likeness (QED) is 0.691. The Morgan fingerprint density at radius 2 is 2.07 bits per heavy atom. The van der Waals surface area contributed by atoms with Crippen LogP contribution in [0.25, 0.3) is 0 Å². The summed E-state index contributed by atoms with van der Waals surface area (Å²) in [7, 11) is 1.41. The molecule has 0 bridgehead atoms. The predicted octanol–water partition coefficient (Wildman–Crippen LogP) is 0.00130. The third kappa shape index (κ3) is 4.73. The van der Waals surface area contributed by atoms with Crippen LogP contribution in [0.3, 0.4) is 0 Å². The summed E-state index contributed by atoms with van der Waals surface area (Å²) in [6.07, 6.45) is 1.70. The SMILES string of the molecule is CCN(CC)C(=O)[C@@H]1C[C@@H](NC(=O)c2ncccc2O)CN1C(=O)COC. The zero-order valence-corrected chi connectivity index (χ0v) is 15.8. The monoisotopic (exact) mass is 378 g/mol. The number of amides is 3. The van der Waals surface area contributed by atoms with Crippen molar-refractivity contribution in [3.8, 4) is 5.75 Å². The van der Waals surface area contributed by atoms with E-state index in [-0.39, 0.29) is 36.4 Å². The zero-order valence-electron chi connectivity index (χ0n) is 15.8. The number of carbonyl (C=O) groups excluding carboxylic acids is 3. The number of carbonyl (C=O) groups is 3. The number of rotatable bonds is 7. The van der Waals surface area contributed by atoms with Gasteiger partial charge in [-0.2, -0.15) is 0 Å². The van der Waals surface area contributed by atoms with Crippen molar-refractivity contribution in [2.45, 2.75) is 32.4 Å². The highest BCUT2D eigenvalue weighted by Crippen LogP contribution is 2.22. The molecule has 1 aromatic heterocycles. The van der Waals surface area contributed by atoms with Gasteiger partial charge >= 0.3 is 0 Å². The lowest BCUT2D eigenvalue weighted by Gasteiger charge is -2.28. The minimum Gasteiger partial charge on any atom is -0.505 e. The second-order valence-electron chi connectivity index (χ2n) is 6.28. The average Bonchev–Trinajstić information content (AvgIpc) is 3.07. The summed E-state index contributed by atoms with van der Waals surface area (Å²) >= 11 is 0. The number of nitrogens with zero attached hydrogens (tertiary/aromatic N) is 3. The molecule has 1 saturated heterocycles. The van der Waals surface area contributed by atoms with Crippen molar-refractivity contribution in [3.05, 3.63) is 24.0 Å². The number of hydrogen-bond donors (Lipinski definition) is 2. The van der Waals surface area contributed by atoms with Crippen LogP contribution in [0.1, 0.15) is 30.8 Å². The maximum atomic E-state index is 12.8. The van der Waals surface area contributed by atoms with Crippen LogP contribution in [-0.4, -0.2) is 83.0 Å². The lowest BCUT2D eigenvalue weighted by molar-refractivity contribution is -0.145. The summed E-state index contributed by atoms with van der Waals surface area (Å²) in [5.41, 5.74) is -0.0919. The Kier molecular flexibility index (Phi) is 7.12. The molecule has 1 fully saturated rings. The van der Waals surface area contributed by atoms with Gasteiger partial charge in [-0.15, -0.1) is 0 Å². The van der Waals surface area contributed by atoms with Crippen LogP contribution in [0.5, 0.6) is 5.75 Å². The molecule has 0 radical (unpaired) electrons. The first-order valence-corrected chi connectivity index (χ1v) is 8.94. The number of aromatic hydroxyl groups is 1. The van der Waals surface area contributed by atoms with Crippen LogP contribution < -0.4 is 5.32 Å². The molecule has 0 aliphatic carbocycles.